The van der Waals surface area contributed by atoms with Gasteiger partial charge in [0.05, 0.1) is 11.4 Å². The van der Waals surface area contributed by atoms with Gasteiger partial charge < -0.3 is 10.6 Å². The predicted molar refractivity (Wildman–Crippen MR) is 98.7 cm³/mol. The number of nitrogens with two attached hydrogens (primary N) is 1. The van der Waals surface area contributed by atoms with Gasteiger partial charge in [0.25, 0.3) is 5.91 Å². The molecular formula is C19H21ClN3O2+. The zero-order valence-corrected chi connectivity index (χ0v) is 15.0. The van der Waals surface area contributed by atoms with Gasteiger partial charge >= 0.3 is 0 Å². The predicted octanol–water partition coefficient (Wildman–Crippen LogP) is 2.34. The largest absolute Gasteiger partial charge is 0.330 e. The first-order valence-corrected chi connectivity index (χ1v) is 8.64. The van der Waals surface area contributed by atoms with Crippen molar-refractivity contribution in [3.63, 3.8) is 0 Å². The van der Waals surface area contributed by atoms with Crippen LogP contribution in [-0.2, 0) is 9.59 Å². The van der Waals surface area contributed by atoms with Crippen LogP contribution >= 0.6 is 11.6 Å². The van der Waals surface area contributed by atoms with Gasteiger partial charge in [-0.2, -0.15) is 0 Å². The van der Waals surface area contributed by atoms with E-state index in [1.807, 2.05) is 61.6 Å². The van der Waals surface area contributed by atoms with Crippen LogP contribution < -0.4 is 15.5 Å². The number of halogens is 1. The molecule has 2 aromatic rings. The van der Waals surface area contributed by atoms with E-state index in [-0.39, 0.29) is 30.4 Å². The topological polar surface area (TPSA) is 66.0 Å². The van der Waals surface area contributed by atoms with E-state index in [2.05, 4.69) is 5.32 Å². The number of benzene rings is 2. The minimum Gasteiger partial charge on any atom is -0.330 e. The van der Waals surface area contributed by atoms with E-state index in [0.717, 1.165) is 11.3 Å². The van der Waals surface area contributed by atoms with Gasteiger partial charge in [-0.3, -0.25) is 14.5 Å². The number of quaternary nitrogens is 1. The van der Waals surface area contributed by atoms with Crippen molar-refractivity contribution in [1.82, 2.24) is 0 Å². The summed E-state index contributed by atoms with van der Waals surface area (Å²) in [6, 6.07) is 14.8. The lowest BCUT2D eigenvalue weighted by Crippen LogP contribution is -2.92. The normalized spacial score (nSPS) is 16.0. The second kappa shape index (κ2) is 7.25. The number of anilines is 2. The third kappa shape index (κ3) is 3.83. The maximum absolute atomic E-state index is 12.9. The lowest BCUT2D eigenvalue weighted by atomic mass is 10.1. The van der Waals surface area contributed by atoms with Gasteiger partial charge in [-0.1, -0.05) is 35.9 Å². The minimum absolute atomic E-state index is 0.0450. The Morgan fingerprint density at radius 3 is 2.56 bits per heavy atom. The van der Waals surface area contributed by atoms with E-state index in [1.54, 1.807) is 11.0 Å². The van der Waals surface area contributed by atoms with Crippen LogP contribution in [0.1, 0.15) is 25.5 Å². The van der Waals surface area contributed by atoms with Gasteiger partial charge in [0.15, 0.2) is 6.04 Å². The molecule has 6 heteroatoms. The first kappa shape index (κ1) is 17.5. The Morgan fingerprint density at radius 1 is 1.16 bits per heavy atom. The fraction of sp³-hybridized carbons (Fsp3) is 0.263. The number of rotatable bonds is 4. The van der Waals surface area contributed by atoms with Gasteiger partial charge in [-0.25, -0.2) is 0 Å². The maximum atomic E-state index is 12.9. The summed E-state index contributed by atoms with van der Waals surface area (Å²) >= 11 is 5.93. The summed E-state index contributed by atoms with van der Waals surface area (Å²) in [6.45, 7) is 3.96. The highest BCUT2D eigenvalue weighted by atomic mass is 35.5. The van der Waals surface area contributed by atoms with Gasteiger partial charge in [0.2, 0.25) is 5.91 Å². The molecule has 2 aromatic carbocycles. The number of nitrogens with zero attached hydrogens (tertiary/aromatic N) is 1. The summed E-state index contributed by atoms with van der Waals surface area (Å²) in [4.78, 5) is 26.4. The van der Waals surface area contributed by atoms with E-state index in [0.29, 0.717) is 10.7 Å². The van der Waals surface area contributed by atoms with E-state index in [1.165, 1.54) is 0 Å². The van der Waals surface area contributed by atoms with E-state index in [4.69, 9.17) is 11.6 Å². The lowest BCUT2D eigenvalue weighted by Gasteiger charge is -2.30. The monoisotopic (exact) mass is 358 g/mol. The molecule has 0 unspecified atom stereocenters. The summed E-state index contributed by atoms with van der Waals surface area (Å²) in [6.07, 6.45) is 0. The van der Waals surface area contributed by atoms with Crippen LogP contribution in [0.2, 0.25) is 5.02 Å². The average molecular weight is 359 g/mol. The second-order valence-electron chi connectivity index (χ2n) is 6.31. The molecule has 0 radical (unpaired) electrons. The molecule has 130 valence electrons. The smallest absolute Gasteiger partial charge is 0.285 e. The maximum Gasteiger partial charge on any atom is 0.285 e. The quantitative estimate of drug-likeness (QED) is 0.881. The van der Waals surface area contributed by atoms with Crippen molar-refractivity contribution in [1.29, 1.82) is 0 Å². The van der Waals surface area contributed by atoms with Crippen LogP contribution in [0.15, 0.2) is 48.5 Å². The Morgan fingerprint density at radius 2 is 1.84 bits per heavy atom. The van der Waals surface area contributed by atoms with Crippen molar-refractivity contribution in [3.8, 4) is 0 Å². The number of hydrogen-bond acceptors (Lipinski definition) is 2. The molecule has 1 heterocycles. The van der Waals surface area contributed by atoms with Gasteiger partial charge in [0, 0.05) is 10.6 Å². The van der Waals surface area contributed by atoms with Gasteiger partial charge in [-0.05, 0) is 38.1 Å². The molecule has 0 aliphatic carbocycles. The summed E-state index contributed by atoms with van der Waals surface area (Å²) in [7, 11) is 0. The van der Waals surface area contributed by atoms with Crippen LogP contribution in [0.5, 0.6) is 0 Å². The summed E-state index contributed by atoms with van der Waals surface area (Å²) < 4.78 is 0. The molecule has 2 atom stereocenters. The number of para-hydroxylation sites is 2. The molecule has 3 N–H and O–H groups in total. The number of hydrogen-bond donors (Lipinski definition) is 2. The van der Waals surface area contributed by atoms with Gasteiger partial charge in [-0.15, -0.1) is 0 Å². The highest BCUT2D eigenvalue weighted by Gasteiger charge is 2.32. The van der Waals surface area contributed by atoms with Crippen molar-refractivity contribution in [3.05, 3.63) is 59.1 Å². The Balaban J connectivity index is 1.74. The van der Waals surface area contributed by atoms with Crippen molar-refractivity contribution in [2.24, 2.45) is 0 Å². The van der Waals surface area contributed by atoms with E-state index < -0.39 is 0 Å². The van der Waals surface area contributed by atoms with Crippen LogP contribution in [0.25, 0.3) is 0 Å². The number of nitrogens with one attached hydrogen (secondary N) is 1. The fourth-order valence-corrected chi connectivity index (χ4v) is 3.19. The average Bonchev–Trinajstić information content (AvgIpc) is 2.60. The third-order valence-electron chi connectivity index (χ3n) is 4.40. The summed E-state index contributed by atoms with van der Waals surface area (Å²) in [5.41, 5.74) is 2.51. The minimum atomic E-state index is -0.315. The SMILES string of the molecule is C[C@H]([NH2+][C@H](C)c1ccc(Cl)cc1)C(=O)N1CC(=O)Nc2ccccc21. The number of fused-ring (bicyclic) bond motifs is 1. The second-order valence-corrected chi connectivity index (χ2v) is 6.75. The molecule has 25 heavy (non-hydrogen) atoms. The van der Waals surface area contributed by atoms with Crippen molar-refractivity contribution >= 4 is 34.8 Å². The molecule has 0 saturated carbocycles. The first-order chi connectivity index (χ1) is 12.0. The molecule has 3 rings (SSSR count). The molecule has 5 nitrogen and oxygen atoms in total. The van der Waals surface area contributed by atoms with Crippen molar-refractivity contribution < 1.29 is 14.9 Å². The van der Waals surface area contributed by atoms with Crippen LogP contribution in [0, 0.1) is 0 Å². The molecular weight excluding hydrogens is 338 g/mol. The summed E-state index contributed by atoms with van der Waals surface area (Å²) in [5.74, 6) is -0.256. The standard InChI is InChI=1S/C19H20ClN3O2/c1-12(14-7-9-15(20)10-8-14)21-13(2)19(25)23-11-18(24)22-16-5-3-4-6-17(16)23/h3-10,12-13,21H,11H2,1-2H3,(H,22,24)/p+1/t12-,13+/m1/s1. The molecule has 1 aliphatic heterocycles. The molecule has 0 spiro atoms. The Hall–Kier alpha value is -2.37. The van der Waals surface area contributed by atoms with E-state index in [9.17, 15) is 9.59 Å². The van der Waals surface area contributed by atoms with Crippen molar-refractivity contribution in [2.45, 2.75) is 25.9 Å². The number of carbonyl (C=O) groups is 2. The molecule has 0 bridgehead atoms. The zero-order chi connectivity index (χ0) is 18.0. The number of amides is 2. The third-order valence-corrected chi connectivity index (χ3v) is 4.65. The lowest BCUT2D eigenvalue weighted by molar-refractivity contribution is -0.710. The Labute approximate surface area is 152 Å². The summed E-state index contributed by atoms with van der Waals surface area (Å²) in [5, 5.41) is 5.49. The fourth-order valence-electron chi connectivity index (χ4n) is 3.07. The first-order valence-electron chi connectivity index (χ1n) is 8.26. The molecule has 2 amide bonds. The molecule has 0 saturated heterocycles. The zero-order valence-electron chi connectivity index (χ0n) is 14.2. The van der Waals surface area contributed by atoms with Crippen LogP contribution in [0.4, 0.5) is 11.4 Å². The van der Waals surface area contributed by atoms with Crippen LogP contribution in [0.3, 0.4) is 0 Å². The highest BCUT2D eigenvalue weighted by molar-refractivity contribution is 6.30. The Kier molecular flexibility index (Phi) is 5.06. The highest BCUT2D eigenvalue weighted by Crippen LogP contribution is 2.29. The molecule has 0 aromatic heterocycles. The molecule has 1 aliphatic rings. The Bertz CT molecular complexity index is 792. The molecule has 0 fully saturated rings. The van der Waals surface area contributed by atoms with Crippen LogP contribution in [-0.4, -0.2) is 24.4 Å². The number of carbonyl (C=O) groups excluding carboxylic acids is 2. The van der Waals surface area contributed by atoms with E-state index >= 15 is 0 Å². The van der Waals surface area contributed by atoms with Gasteiger partial charge in [0.1, 0.15) is 12.6 Å². The van der Waals surface area contributed by atoms with Crippen molar-refractivity contribution in [2.75, 3.05) is 16.8 Å².